The lowest BCUT2D eigenvalue weighted by Gasteiger charge is -2.28. The molecule has 306 valence electrons. The van der Waals surface area contributed by atoms with Crippen LogP contribution < -0.4 is 5.32 Å². The number of imidazole rings is 2. The van der Waals surface area contributed by atoms with Crippen molar-refractivity contribution >= 4 is 17.9 Å². The second-order valence-corrected chi connectivity index (χ2v) is 16.1. The molecule has 12 heteroatoms. The molecular formula is C48H50N8O4. The highest BCUT2D eigenvalue weighted by Crippen LogP contribution is 2.36. The Balaban J connectivity index is 0.827. The van der Waals surface area contributed by atoms with Crippen LogP contribution in [0.1, 0.15) is 73.0 Å². The van der Waals surface area contributed by atoms with Gasteiger partial charge in [0.25, 0.3) is 5.91 Å². The molecule has 0 bridgehead atoms. The number of hydrogen-bond acceptors (Lipinski definition) is 7. The van der Waals surface area contributed by atoms with E-state index in [0.717, 1.165) is 97.7 Å². The Morgan fingerprint density at radius 2 is 1.22 bits per heavy atom. The van der Waals surface area contributed by atoms with Crippen molar-refractivity contribution in [2.75, 3.05) is 33.3 Å². The minimum absolute atomic E-state index is 0.0277. The maximum absolute atomic E-state index is 13.9. The summed E-state index contributed by atoms with van der Waals surface area (Å²) >= 11 is 0. The average molecular weight is 803 g/mol. The number of amides is 3. The molecule has 0 radical (unpaired) electrons. The predicted octanol–water partition coefficient (Wildman–Crippen LogP) is 8.08. The molecule has 4 atom stereocenters. The molecule has 0 aliphatic carbocycles. The Morgan fingerprint density at radius 1 is 0.683 bits per heavy atom. The van der Waals surface area contributed by atoms with Gasteiger partial charge >= 0.3 is 6.09 Å². The van der Waals surface area contributed by atoms with Gasteiger partial charge in [-0.05, 0) is 72.0 Å². The Bertz CT molecular complexity index is 2410. The maximum Gasteiger partial charge on any atom is 0.407 e. The number of aromatic nitrogens is 4. The molecule has 4 aromatic carbocycles. The van der Waals surface area contributed by atoms with Crippen LogP contribution in [-0.4, -0.2) is 85.8 Å². The first kappa shape index (κ1) is 39.0. The van der Waals surface area contributed by atoms with Gasteiger partial charge < -0.3 is 29.8 Å². The molecule has 3 aliphatic heterocycles. The van der Waals surface area contributed by atoms with Gasteiger partial charge in [-0.15, -0.1) is 0 Å². The number of rotatable bonds is 11. The molecule has 12 nitrogen and oxygen atoms in total. The van der Waals surface area contributed by atoms with E-state index in [-0.39, 0.29) is 29.8 Å². The Morgan fingerprint density at radius 3 is 1.80 bits per heavy atom. The van der Waals surface area contributed by atoms with Crippen LogP contribution in [0.3, 0.4) is 0 Å². The van der Waals surface area contributed by atoms with Crippen molar-refractivity contribution in [1.29, 1.82) is 0 Å². The summed E-state index contributed by atoms with van der Waals surface area (Å²) in [5, 5.41) is 2.72. The van der Waals surface area contributed by atoms with Crippen molar-refractivity contribution in [3.63, 3.8) is 0 Å². The van der Waals surface area contributed by atoms with Crippen LogP contribution in [0.4, 0.5) is 4.79 Å². The summed E-state index contributed by atoms with van der Waals surface area (Å²) in [6, 6.07) is 35.4. The van der Waals surface area contributed by atoms with E-state index in [1.54, 1.807) is 4.90 Å². The number of carbonyl (C=O) groups excluding carboxylic acids is 3. The molecule has 3 fully saturated rings. The number of alkyl carbamates (subject to hydrolysis) is 1. The number of carbonyl (C=O) groups is 3. The lowest BCUT2D eigenvalue weighted by Crippen LogP contribution is -2.42. The summed E-state index contributed by atoms with van der Waals surface area (Å²) in [7, 11) is 1.29. The second kappa shape index (κ2) is 17.4. The fourth-order valence-electron chi connectivity index (χ4n) is 9.15. The molecule has 60 heavy (non-hydrogen) atoms. The van der Waals surface area contributed by atoms with Crippen LogP contribution in [0.2, 0.25) is 0 Å². The standard InChI is InChI=1S/C48H50N8O4/c1-60-48(59)53-43(37-12-6-3-7-13-37)47(58)56-26-9-15-42(56)45-50-29-40(52-45)36-22-18-34(19-23-36)33-16-20-35(21-17-33)39-28-49-44(51-39)41-14-8-25-55(41)46(57)38-24-27-54(31-38)30-32-10-4-2-5-11-32/h2-7,10-13,16-23,28-29,38,41-43H,8-9,14-15,24-27,30-31H2,1H3,(H,49,51)(H,50,52)(H,53,59)/t38-,41+,42+,43-/m1/s1. The van der Waals surface area contributed by atoms with Crippen LogP contribution in [0.15, 0.2) is 122 Å². The number of nitrogens with zero attached hydrogens (tertiary/aromatic N) is 5. The second-order valence-electron chi connectivity index (χ2n) is 16.1. The number of likely N-dealkylation sites (tertiary alicyclic amines) is 3. The molecular weight excluding hydrogens is 753 g/mol. The predicted molar refractivity (Wildman–Crippen MR) is 229 cm³/mol. The zero-order chi connectivity index (χ0) is 41.0. The van der Waals surface area contributed by atoms with E-state index in [1.165, 1.54) is 12.7 Å². The van der Waals surface area contributed by atoms with E-state index in [0.29, 0.717) is 17.9 Å². The van der Waals surface area contributed by atoms with E-state index in [9.17, 15) is 14.4 Å². The summed E-state index contributed by atoms with van der Waals surface area (Å²) < 4.78 is 4.84. The molecule has 3 amide bonds. The molecule has 9 rings (SSSR count). The van der Waals surface area contributed by atoms with E-state index in [4.69, 9.17) is 14.7 Å². The quantitative estimate of drug-likeness (QED) is 0.120. The van der Waals surface area contributed by atoms with Crippen molar-refractivity contribution in [3.05, 3.63) is 144 Å². The van der Waals surface area contributed by atoms with E-state index >= 15 is 0 Å². The number of hydrogen-bond donors (Lipinski definition) is 3. The van der Waals surface area contributed by atoms with Gasteiger partial charge in [-0.2, -0.15) is 0 Å². The topological polar surface area (TPSA) is 140 Å². The molecule has 2 aromatic heterocycles. The van der Waals surface area contributed by atoms with E-state index < -0.39 is 12.1 Å². The van der Waals surface area contributed by atoms with Gasteiger partial charge in [0.05, 0.1) is 48.9 Å². The van der Waals surface area contributed by atoms with Crippen molar-refractivity contribution in [2.45, 2.75) is 56.8 Å². The highest BCUT2D eigenvalue weighted by Gasteiger charge is 2.39. The lowest BCUT2D eigenvalue weighted by molar-refractivity contribution is -0.136. The highest BCUT2D eigenvalue weighted by molar-refractivity contribution is 5.87. The molecule has 5 heterocycles. The van der Waals surface area contributed by atoms with Crippen molar-refractivity contribution in [3.8, 4) is 33.6 Å². The maximum atomic E-state index is 13.9. The first-order chi connectivity index (χ1) is 29.4. The van der Waals surface area contributed by atoms with E-state index in [2.05, 4.69) is 97.9 Å². The molecule has 0 spiro atoms. The van der Waals surface area contributed by atoms with Gasteiger partial charge in [-0.25, -0.2) is 14.8 Å². The lowest BCUT2D eigenvalue weighted by atomic mass is 10.0. The minimum atomic E-state index is -0.869. The van der Waals surface area contributed by atoms with Crippen LogP contribution in [0, 0.1) is 5.92 Å². The minimum Gasteiger partial charge on any atom is -0.453 e. The molecule has 3 saturated heterocycles. The Labute approximate surface area is 350 Å². The SMILES string of the molecule is COC(=O)N[C@@H](C(=O)N1CCC[C@H]1c1ncc(-c2ccc(-c3ccc(-c4cnc([C@@H]5CCCN5C(=O)[C@@H]5CCN(Cc6ccccc6)C5)[nH]4)cc3)cc2)[nH]1)c1ccccc1. The van der Waals surface area contributed by atoms with Crippen molar-refractivity contribution < 1.29 is 19.1 Å². The molecule has 6 aromatic rings. The number of methoxy groups -OCH3 is 1. The number of benzene rings is 4. The number of nitrogens with one attached hydrogen (secondary N) is 3. The van der Waals surface area contributed by atoms with Crippen molar-refractivity contribution in [1.82, 2.24) is 40.0 Å². The summed E-state index contributed by atoms with van der Waals surface area (Å²) in [6.45, 7) is 3.97. The van der Waals surface area contributed by atoms with Gasteiger partial charge in [-0.3, -0.25) is 14.5 Å². The van der Waals surface area contributed by atoms with Gasteiger partial charge in [0.1, 0.15) is 17.7 Å². The fraction of sp³-hybridized carbons (Fsp3) is 0.312. The smallest absolute Gasteiger partial charge is 0.407 e. The molecule has 3 N–H and O–H groups in total. The van der Waals surface area contributed by atoms with Gasteiger partial charge in [0, 0.05) is 26.2 Å². The summed E-state index contributed by atoms with van der Waals surface area (Å²) in [6.07, 6.45) is 7.43. The Hall–Kier alpha value is -6.53. The third-order valence-electron chi connectivity index (χ3n) is 12.3. The summed E-state index contributed by atoms with van der Waals surface area (Å²) in [5.41, 5.74) is 7.99. The fourth-order valence-corrected chi connectivity index (χ4v) is 9.15. The third kappa shape index (κ3) is 8.20. The van der Waals surface area contributed by atoms with Crippen molar-refractivity contribution in [2.24, 2.45) is 5.92 Å². The van der Waals surface area contributed by atoms with Gasteiger partial charge in [0.15, 0.2) is 0 Å². The third-order valence-corrected chi connectivity index (χ3v) is 12.3. The van der Waals surface area contributed by atoms with Gasteiger partial charge in [-0.1, -0.05) is 109 Å². The molecule has 3 aliphatic rings. The zero-order valence-corrected chi connectivity index (χ0v) is 33.8. The monoisotopic (exact) mass is 802 g/mol. The number of ether oxygens (including phenoxy) is 1. The first-order valence-corrected chi connectivity index (χ1v) is 21.0. The van der Waals surface area contributed by atoms with Crippen LogP contribution in [-0.2, 0) is 20.9 Å². The summed E-state index contributed by atoms with van der Waals surface area (Å²) in [5.74, 6) is 1.66. The zero-order valence-electron chi connectivity index (χ0n) is 33.8. The number of H-pyrrole nitrogens is 2. The Kier molecular flexibility index (Phi) is 11.3. The normalized spacial score (nSPS) is 19.7. The van der Waals surface area contributed by atoms with E-state index in [1.807, 2.05) is 48.8 Å². The highest BCUT2D eigenvalue weighted by atomic mass is 16.5. The molecule has 0 saturated carbocycles. The molecule has 0 unspecified atom stereocenters. The van der Waals surface area contributed by atoms with Gasteiger partial charge in [0.2, 0.25) is 5.91 Å². The largest absolute Gasteiger partial charge is 0.453 e. The van der Waals surface area contributed by atoms with Crippen LogP contribution >= 0.6 is 0 Å². The first-order valence-electron chi connectivity index (χ1n) is 21.0. The van der Waals surface area contributed by atoms with Crippen LogP contribution in [0.25, 0.3) is 33.6 Å². The average Bonchev–Trinajstić information content (AvgIpc) is 4.16. The van der Waals surface area contributed by atoms with Crippen LogP contribution in [0.5, 0.6) is 0 Å². The summed E-state index contributed by atoms with van der Waals surface area (Å²) in [4.78, 5) is 62.7. The number of aromatic amines is 2.